The van der Waals surface area contributed by atoms with Gasteiger partial charge in [-0.15, -0.1) is 0 Å². The number of unbranched alkanes of at least 4 members (excludes halogenated alkanes) is 24. The molecule has 6 nitrogen and oxygen atoms in total. The summed E-state index contributed by atoms with van der Waals surface area (Å²) in [5, 5.41) is 0. The van der Waals surface area contributed by atoms with Crippen molar-refractivity contribution in [3.63, 3.8) is 0 Å². The number of allylic oxidation sites excluding steroid dienone is 20. The first-order valence-corrected chi connectivity index (χ1v) is 31.0. The van der Waals surface area contributed by atoms with Gasteiger partial charge in [0.15, 0.2) is 6.10 Å². The fraction of sp³-hybridized carbons (Fsp3) is 0.667. The van der Waals surface area contributed by atoms with Crippen molar-refractivity contribution in [1.29, 1.82) is 0 Å². The Morgan fingerprint density at radius 1 is 0.280 bits per heavy atom. The lowest BCUT2D eigenvalue weighted by Gasteiger charge is -2.18. The molecule has 0 heterocycles. The van der Waals surface area contributed by atoms with E-state index >= 15 is 0 Å². The number of ether oxygens (including phenoxy) is 3. The van der Waals surface area contributed by atoms with Crippen LogP contribution in [0.3, 0.4) is 0 Å². The second-order valence-corrected chi connectivity index (χ2v) is 20.2. The van der Waals surface area contributed by atoms with Crippen LogP contribution in [0.15, 0.2) is 122 Å². The number of hydrogen-bond acceptors (Lipinski definition) is 6. The Morgan fingerprint density at radius 2 is 0.520 bits per heavy atom. The summed E-state index contributed by atoms with van der Waals surface area (Å²) in [7, 11) is 0. The Labute approximate surface area is 462 Å². The zero-order chi connectivity index (χ0) is 54.3. The van der Waals surface area contributed by atoms with Crippen molar-refractivity contribution in [3.8, 4) is 0 Å². The zero-order valence-electron chi connectivity index (χ0n) is 48.8. The summed E-state index contributed by atoms with van der Waals surface area (Å²) in [6.07, 6.45) is 86.2. The van der Waals surface area contributed by atoms with Crippen molar-refractivity contribution in [3.05, 3.63) is 122 Å². The third kappa shape index (κ3) is 60.6. The SMILES string of the molecule is CC/C=C\C/C=C\C/C=C\C/C=C\C/C=C\C/C=C\C/C=C\CCCCCC(=O)OCC(COC(=O)CCCCCCC/C=C\C/C=C\CCCCC)OC(=O)CCCCCCCCC/C=C\CCCCCCCC. The third-order valence-electron chi connectivity index (χ3n) is 12.9. The minimum Gasteiger partial charge on any atom is -0.462 e. The molecule has 0 rings (SSSR count). The molecule has 0 bridgehead atoms. The lowest BCUT2D eigenvalue weighted by molar-refractivity contribution is -0.167. The highest BCUT2D eigenvalue weighted by molar-refractivity contribution is 5.71. The first kappa shape index (κ1) is 70.8. The van der Waals surface area contributed by atoms with Crippen molar-refractivity contribution >= 4 is 17.9 Å². The van der Waals surface area contributed by atoms with E-state index in [0.717, 1.165) is 135 Å². The van der Waals surface area contributed by atoms with Crippen LogP contribution in [0.25, 0.3) is 0 Å². The highest BCUT2D eigenvalue weighted by Gasteiger charge is 2.19. The van der Waals surface area contributed by atoms with E-state index in [1.807, 2.05) is 0 Å². The summed E-state index contributed by atoms with van der Waals surface area (Å²) in [6.45, 7) is 6.46. The molecule has 1 atom stereocenters. The fourth-order valence-electron chi connectivity index (χ4n) is 8.27. The molecule has 0 aromatic rings. The number of hydrogen-bond donors (Lipinski definition) is 0. The van der Waals surface area contributed by atoms with Gasteiger partial charge in [0.2, 0.25) is 0 Å². The molecule has 0 aliphatic rings. The second-order valence-electron chi connectivity index (χ2n) is 20.2. The molecule has 0 aliphatic carbocycles. The largest absolute Gasteiger partial charge is 0.462 e. The third-order valence-corrected chi connectivity index (χ3v) is 12.9. The molecule has 0 aromatic heterocycles. The van der Waals surface area contributed by atoms with Crippen LogP contribution in [0.2, 0.25) is 0 Å². The monoisotopic (exact) mass is 1040 g/mol. The van der Waals surface area contributed by atoms with Crippen LogP contribution < -0.4 is 0 Å². The van der Waals surface area contributed by atoms with Crippen molar-refractivity contribution in [2.75, 3.05) is 13.2 Å². The predicted molar refractivity (Wildman–Crippen MR) is 325 cm³/mol. The first-order chi connectivity index (χ1) is 37.0. The maximum atomic E-state index is 12.9. The van der Waals surface area contributed by atoms with E-state index in [9.17, 15) is 14.4 Å². The molecule has 0 saturated heterocycles. The van der Waals surface area contributed by atoms with Crippen LogP contribution in [0.5, 0.6) is 0 Å². The van der Waals surface area contributed by atoms with Crippen molar-refractivity contribution in [1.82, 2.24) is 0 Å². The lowest BCUT2D eigenvalue weighted by atomic mass is 10.1. The van der Waals surface area contributed by atoms with E-state index in [1.165, 1.54) is 103 Å². The van der Waals surface area contributed by atoms with Gasteiger partial charge in [0, 0.05) is 19.3 Å². The minimum atomic E-state index is -0.804. The number of carbonyl (C=O) groups is 3. The molecule has 0 fully saturated rings. The van der Waals surface area contributed by atoms with E-state index < -0.39 is 6.10 Å². The van der Waals surface area contributed by atoms with Gasteiger partial charge in [-0.3, -0.25) is 14.4 Å². The average molecular weight is 1040 g/mol. The predicted octanol–water partition coefficient (Wildman–Crippen LogP) is 21.2. The highest BCUT2D eigenvalue weighted by atomic mass is 16.6. The zero-order valence-corrected chi connectivity index (χ0v) is 48.8. The minimum absolute atomic E-state index is 0.0999. The van der Waals surface area contributed by atoms with Gasteiger partial charge >= 0.3 is 17.9 Å². The standard InChI is InChI=1S/C69H114O6/c1-4-7-10-13-16-19-22-25-28-30-31-32-33-34-35-36-37-39-41-44-47-50-53-56-59-62-68(71)74-65-66(64-73-67(70)61-58-55-52-49-46-43-40-27-24-21-18-15-12-9-6-3)75-69(72)63-60-57-54-51-48-45-42-38-29-26-23-20-17-14-11-8-5-2/h7,10,16,18-19,21,25-29,31-32,34-35,37,39-40,44,47,66H,4-6,8-9,11-15,17,20,22-24,30,33,36,38,41-43,45-46,48-65H2,1-3H3/b10-7-,19-16-,21-18-,28-25-,29-26-,32-31-,35-34-,39-37-,40-27-,47-44-. The van der Waals surface area contributed by atoms with Crippen LogP contribution in [0, 0.1) is 0 Å². The van der Waals surface area contributed by atoms with Gasteiger partial charge in [-0.05, 0) is 135 Å². The first-order valence-electron chi connectivity index (χ1n) is 31.0. The smallest absolute Gasteiger partial charge is 0.306 e. The van der Waals surface area contributed by atoms with Crippen LogP contribution in [-0.2, 0) is 28.6 Å². The van der Waals surface area contributed by atoms with Crippen LogP contribution >= 0.6 is 0 Å². The van der Waals surface area contributed by atoms with E-state index in [2.05, 4.69) is 142 Å². The van der Waals surface area contributed by atoms with Gasteiger partial charge in [0.25, 0.3) is 0 Å². The Kier molecular flexibility index (Phi) is 58.9. The number of carbonyl (C=O) groups excluding carboxylic acids is 3. The Hall–Kier alpha value is -4.19. The molecule has 0 N–H and O–H groups in total. The summed E-state index contributed by atoms with van der Waals surface area (Å²) >= 11 is 0. The molecule has 426 valence electrons. The van der Waals surface area contributed by atoms with Gasteiger partial charge in [-0.2, -0.15) is 0 Å². The quantitative estimate of drug-likeness (QED) is 0.0261. The fourth-order valence-corrected chi connectivity index (χ4v) is 8.27. The highest BCUT2D eigenvalue weighted by Crippen LogP contribution is 2.14. The van der Waals surface area contributed by atoms with Crippen LogP contribution in [0.4, 0.5) is 0 Å². The van der Waals surface area contributed by atoms with Crippen LogP contribution in [-0.4, -0.2) is 37.2 Å². The Balaban J connectivity index is 4.47. The topological polar surface area (TPSA) is 78.9 Å². The average Bonchev–Trinajstić information content (AvgIpc) is 3.41. The van der Waals surface area contributed by atoms with E-state index in [4.69, 9.17) is 14.2 Å². The number of esters is 3. The molecule has 0 saturated carbocycles. The maximum absolute atomic E-state index is 12.9. The molecule has 6 heteroatoms. The molecular formula is C69H114O6. The molecule has 0 spiro atoms. The summed E-state index contributed by atoms with van der Waals surface area (Å²) < 4.78 is 16.9. The van der Waals surface area contributed by atoms with E-state index in [1.54, 1.807) is 0 Å². The molecule has 0 radical (unpaired) electrons. The van der Waals surface area contributed by atoms with Crippen LogP contribution in [0.1, 0.15) is 278 Å². The summed E-state index contributed by atoms with van der Waals surface area (Å²) in [5.41, 5.74) is 0. The summed E-state index contributed by atoms with van der Waals surface area (Å²) in [4.78, 5) is 38.3. The molecule has 0 amide bonds. The molecule has 0 aromatic carbocycles. The molecule has 0 aliphatic heterocycles. The van der Waals surface area contributed by atoms with Gasteiger partial charge in [-0.1, -0.05) is 245 Å². The normalized spacial score (nSPS) is 12.9. The van der Waals surface area contributed by atoms with Crippen molar-refractivity contribution < 1.29 is 28.6 Å². The molecular weight excluding hydrogens is 925 g/mol. The Morgan fingerprint density at radius 3 is 0.867 bits per heavy atom. The molecule has 1 unspecified atom stereocenters. The van der Waals surface area contributed by atoms with Gasteiger partial charge < -0.3 is 14.2 Å². The van der Waals surface area contributed by atoms with Crippen molar-refractivity contribution in [2.24, 2.45) is 0 Å². The van der Waals surface area contributed by atoms with E-state index in [0.29, 0.717) is 19.3 Å². The second kappa shape index (κ2) is 62.4. The summed E-state index contributed by atoms with van der Waals surface area (Å²) in [6, 6.07) is 0. The maximum Gasteiger partial charge on any atom is 0.306 e. The summed E-state index contributed by atoms with van der Waals surface area (Å²) in [5.74, 6) is -0.948. The van der Waals surface area contributed by atoms with Gasteiger partial charge in [-0.25, -0.2) is 0 Å². The van der Waals surface area contributed by atoms with Crippen molar-refractivity contribution in [2.45, 2.75) is 284 Å². The number of rotatable bonds is 55. The Bertz CT molecular complexity index is 1570. The van der Waals surface area contributed by atoms with Gasteiger partial charge in [0.1, 0.15) is 13.2 Å². The molecule has 75 heavy (non-hydrogen) atoms. The van der Waals surface area contributed by atoms with Gasteiger partial charge in [0.05, 0.1) is 0 Å². The lowest BCUT2D eigenvalue weighted by Crippen LogP contribution is -2.30. The van der Waals surface area contributed by atoms with E-state index in [-0.39, 0.29) is 31.1 Å².